The van der Waals surface area contributed by atoms with Crippen LogP contribution < -0.4 is 27.4 Å². The number of carbonyl (C=O) groups is 6. The predicted molar refractivity (Wildman–Crippen MR) is 238 cm³/mol. The summed E-state index contributed by atoms with van der Waals surface area (Å²) in [5.74, 6) is -2.89. The molecule has 0 unspecified atom stereocenters. The molecule has 65 heavy (non-hydrogen) atoms. The van der Waals surface area contributed by atoms with Gasteiger partial charge in [0.05, 0.1) is 30.1 Å². The van der Waals surface area contributed by atoms with Crippen molar-refractivity contribution >= 4 is 64.3 Å². The third kappa shape index (κ3) is 9.27. The van der Waals surface area contributed by atoms with E-state index in [9.17, 15) is 28.8 Å². The molecule has 8 rings (SSSR count). The lowest BCUT2D eigenvalue weighted by atomic mass is 9.98. The number of hydrogen-bond acceptors (Lipinski definition) is 14. The molecule has 1 aliphatic heterocycles. The number of imide groups is 1. The van der Waals surface area contributed by atoms with Crippen LogP contribution in [-0.4, -0.2) is 92.9 Å². The number of benzene rings is 4. The number of nitrogens with zero attached hydrogens (tertiary/aromatic N) is 5. The van der Waals surface area contributed by atoms with Gasteiger partial charge in [0.25, 0.3) is 17.7 Å². The molecule has 0 radical (unpaired) electrons. The van der Waals surface area contributed by atoms with Crippen LogP contribution in [0.25, 0.3) is 22.3 Å². The Morgan fingerprint density at radius 3 is 2.20 bits per heavy atom. The van der Waals surface area contributed by atoms with Gasteiger partial charge in [-0.1, -0.05) is 60.7 Å². The van der Waals surface area contributed by atoms with Gasteiger partial charge in [-0.25, -0.2) is 19.6 Å². The molecule has 2 atom stereocenters. The number of nitrogens with two attached hydrogens (primary N) is 2. The van der Waals surface area contributed by atoms with E-state index in [1.807, 2.05) is 48.5 Å². The Morgan fingerprint density at radius 2 is 1.49 bits per heavy atom. The van der Waals surface area contributed by atoms with Crippen molar-refractivity contribution in [3.63, 3.8) is 0 Å². The first-order valence-electron chi connectivity index (χ1n) is 20.8. The topological polar surface area (TPSA) is 264 Å². The Labute approximate surface area is 372 Å². The van der Waals surface area contributed by atoms with Gasteiger partial charge in [0.15, 0.2) is 17.0 Å². The second-order valence-corrected chi connectivity index (χ2v) is 15.6. The molecule has 18 heteroatoms. The molecule has 6 aromatic rings. The number of fused-ring (bicyclic) bond motifs is 5. The molecular weight excluding hydrogens is 833 g/mol. The first-order chi connectivity index (χ1) is 31.4. The van der Waals surface area contributed by atoms with E-state index >= 15 is 0 Å². The first kappa shape index (κ1) is 43.4. The van der Waals surface area contributed by atoms with Crippen molar-refractivity contribution in [1.29, 1.82) is 0 Å². The number of aryl methyl sites for hydroxylation is 2. The second kappa shape index (κ2) is 18.6. The number of amides is 5. The number of nitrogens with one attached hydrogen (secondary N) is 3. The zero-order valence-electron chi connectivity index (χ0n) is 35.4. The monoisotopic (exact) mass is 876 g/mol. The summed E-state index contributed by atoms with van der Waals surface area (Å²) in [4.78, 5) is 96.4. The summed E-state index contributed by atoms with van der Waals surface area (Å²) >= 11 is 0. The maximum absolute atomic E-state index is 13.5. The van der Waals surface area contributed by atoms with Gasteiger partial charge in [-0.05, 0) is 90.8 Å². The highest BCUT2D eigenvalue weighted by Crippen LogP contribution is 2.44. The Morgan fingerprint density at radius 1 is 0.800 bits per heavy atom. The molecule has 330 valence electrons. The summed E-state index contributed by atoms with van der Waals surface area (Å²) in [5.41, 5.74) is 18.9. The summed E-state index contributed by atoms with van der Waals surface area (Å²) in [6.07, 6.45) is 2.16. The molecule has 0 spiro atoms. The Bertz CT molecular complexity index is 2830. The third-order valence-electron chi connectivity index (χ3n) is 11.4. The molecule has 4 aromatic carbocycles. The normalized spacial score (nSPS) is 13.7. The fraction of sp³-hybridized carbons (Fsp3) is 0.234. The average molecular weight is 877 g/mol. The third-order valence-corrected chi connectivity index (χ3v) is 11.4. The van der Waals surface area contributed by atoms with E-state index in [0.717, 1.165) is 32.7 Å². The summed E-state index contributed by atoms with van der Waals surface area (Å²) in [6.45, 7) is 1.53. The van der Waals surface area contributed by atoms with Crippen molar-refractivity contribution < 1.29 is 38.2 Å². The Balaban J connectivity index is 0.804. The van der Waals surface area contributed by atoms with Gasteiger partial charge < -0.3 is 36.9 Å². The van der Waals surface area contributed by atoms with Crippen LogP contribution in [0.5, 0.6) is 0 Å². The number of methoxy groups -OCH3 is 1. The quantitative estimate of drug-likeness (QED) is 0.0699. The van der Waals surface area contributed by atoms with Crippen LogP contribution in [0.1, 0.15) is 79.1 Å². The smallest absolute Gasteiger partial charge is 0.407 e. The van der Waals surface area contributed by atoms with E-state index in [4.69, 9.17) is 20.9 Å². The Kier molecular flexibility index (Phi) is 12.4. The summed E-state index contributed by atoms with van der Waals surface area (Å²) in [7, 11) is 1.20. The van der Waals surface area contributed by atoms with Crippen molar-refractivity contribution in [2.24, 2.45) is 0 Å². The maximum atomic E-state index is 13.5. The van der Waals surface area contributed by atoms with E-state index in [1.165, 1.54) is 32.2 Å². The van der Waals surface area contributed by atoms with Crippen molar-refractivity contribution in [3.8, 4) is 11.1 Å². The lowest BCUT2D eigenvalue weighted by Crippen LogP contribution is -2.42. The zero-order valence-corrected chi connectivity index (χ0v) is 35.4. The number of alkyl carbamates (subject to hydrolysis) is 1. The molecule has 0 fully saturated rings. The molecule has 0 saturated carbocycles. The molecular formula is C47H44N10O8. The molecule has 0 bridgehead atoms. The number of hydrogen-bond donors (Lipinski definition) is 5. The minimum Gasteiger partial charge on any atom is -0.467 e. The lowest BCUT2D eigenvalue weighted by Gasteiger charge is -2.19. The van der Waals surface area contributed by atoms with Crippen molar-refractivity contribution in [2.75, 3.05) is 37.0 Å². The molecule has 7 N–H and O–H groups in total. The van der Waals surface area contributed by atoms with E-state index in [0.29, 0.717) is 35.3 Å². The van der Waals surface area contributed by atoms with Gasteiger partial charge >= 0.3 is 12.1 Å². The second-order valence-electron chi connectivity index (χ2n) is 15.6. The first-order valence-corrected chi connectivity index (χ1v) is 20.8. The highest BCUT2D eigenvalue weighted by molar-refractivity contribution is 6.22. The minimum atomic E-state index is -1.06. The zero-order chi connectivity index (χ0) is 45.8. The van der Waals surface area contributed by atoms with Crippen LogP contribution in [0.15, 0.2) is 97.2 Å². The predicted octanol–water partition coefficient (Wildman–Crippen LogP) is 4.58. The fourth-order valence-corrected chi connectivity index (χ4v) is 7.99. The van der Waals surface area contributed by atoms with Crippen LogP contribution in [-0.2, 0) is 31.9 Å². The molecule has 3 heterocycles. The number of aromatic nitrogens is 4. The lowest BCUT2D eigenvalue weighted by molar-refractivity contribution is -0.143. The van der Waals surface area contributed by atoms with Gasteiger partial charge in [0, 0.05) is 23.7 Å². The number of anilines is 3. The molecule has 0 saturated heterocycles. The number of carbonyl (C=O) groups excluding carboxylic acids is 6. The van der Waals surface area contributed by atoms with Crippen LogP contribution in [0.2, 0.25) is 0 Å². The molecule has 2 aromatic heterocycles. The van der Waals surface area contributed by atoms with Crippen molar-refractivity contribution in [2.45, 2.75) is 50.6 Å². The van der Waals surface area contributed by atoms with E-state index in [-0.39, 0.29) is 60.5 Å². The van der Waals surface area contributed by atoms with Crippen molar-refractivity contribution in [3.05, 3.63) is 136 Å². The minimum absolute atomic E-state index is 0.0127. The van der Waals surface area contributed by atoms with Crippen LogP contribution in [0, 0.1) is 0 Å². The highest BCUT2D eigenvalue weighted by Gasteiger charge is 2.36. The maximum Gasteiger partial charge on any atom is 0.407 e. The van der Waals surface area contributed by atoms with E-state index < -0.39 is 47.8 Å². The van der Waals surface area contributed by atoms with Crippen LogP contribution >= 0.6 is 0 Å². The number of ether oxygens (including phenoxy) is 2. The van der Waals surface area contributed by atoms with Crippen molar-refractivity contribution in [1.82, 2.24) is 35.5 Å². The largest absolute Gasteiger partial charge is 0.467 e. The molecule has 5 amide bonds. The van der Waals surface area contributed by atoms with Gasteiger partial charge in [-0.3, -0.25) is 24.1 Å². The summed E-state index contributed by atoms with van der Waals surface area (Å²) < 4.78 is 10.5. The SMILES string of the molecule is COC(=O)[C@H](CCCN1C(=O)c2ccc(NC(=O)[C@H](C)NC(=O)OCC3c4ccccc4-c4ccccc43)cc2C1=O)NC(=O)c1ccc(CCc2cnc3nc(N)nc(N)c3n2)cc1. The number of rotatable bonds is 15. The van der Waals surface area contributed by atoms with Gasteiger partial charge in [0.2, 0.25) is 11.9 Å². The molecule has 18 nitrogen and oxygen atoms in total. The van der Waals surface area contributed by atoms with Gasteiger partial charge in [-0.2, -0.15) is 9.97 Å². The number of nitrogen functional groups attached to an aromatic ring is 2. The standard InChI is InChI=1S/C47H44N10O8/c1-25(51-47(63)65-24-36-32-10-5-3-8-30(32)31-9-4-6-11-33(31)36)41(58)53-28-19-20-34-35(22-28)44(61)57(43(34)60)21-7-12-37(45(62)64-2)54-42(59)27-16-13-26(14-17-27)15-18-29-23-50-40-38(52-29)39(48)55-46(49)56-40/h3-6,8-11,13-14,16-17,19-20,22-23,25,36-37H,7,12,15,18,21,24H2,1-2H3,(H,51,63)(H,53,58)(H,54,59)(H4,48,49,50,55,56)/t25-,37-/m0/s1. The molecule has 2 aliphatic rings. The average Bonchev–Trinajstić information content (AvgIpc) is 3.75. The summed E-state index contributed by atoms with van der Waals surface area (Å²) in [6, 6.07) is 25.0. The fourth-order valence-electron chi connectivity index (χ4n) is 7.99. The van der Waals surface area contributed by atoms with E-state index in [2.05, 4.69) is 35.9 Å². The summed E-state index contributed by atoms with van der Waals surface area (Å²) in [5, 5.41) is 7.94. The Hall–Kier alpha value is -8.28. The highest BCUT2D eigenvalue weighted by atomic mass is 16.5. The number of esters is 1. The van der Waals surface area contributed by atoms with Crippen LogP contribution in [0.4, 0.5) is 22.2 Å². The van der Waals surface area contributed by atoms with E-state index in [1.54, 1.807) is 30.5 Å². The molecule has 1 aliphatic carbocycles. The van der Waals surface area contributed by atoms with Crippen LogP contribution in [0.3, 0.4) is 0 Å². The van der Waals surface area contributed by atoms with Gasteiger partial charge in [-0.15, -0.1) is 0 Å². The van der Waals surface area contributed by atoms with Gasteiger partial charge in [0.1, 0.15) is 18.7 Å².